The Hall–Kier alpha value is -0.980. The first-order valence-electron chi connectivity index (χ1n) is 6.23. The Kier molecular flexibility index (Phi) is 4.31. The minimum Gasteiger partial charge on any atom is -0.329 e. The quantitative estimate of drug-likeness (QED) is 0.874. The molecule has 2 rings (SSSR count). The van der Waals surface area contributed by atoms with Crippen molar-refractivity contribution in [2.75, 3.05) is 13.1 Å². The molecular weight excluding hydrogens is 250 g/mol. The van der Waals surface area contributed by atoms with Crippen molar-refractivity contribution >= 4 is 10.0 Å². The minimum atomic E-state index is -3.31. The second-order valence-corrected chi connectivity index (χ2v) is 6.49. The molecule has 18 heavy (non-hydrogen) atoms. The fourth-order valence-corrected chi connectivity index (χ4v) is 4.09. The van der Waals surface area contributed by atoms with Crippen LogP contribution in [0.4, 0.5) is 0 Å². The maximum Gasteiger partial charge on any atom is 0.220 e. The zero-order chi connectivity index (χ0) is 13.0. The van der Waals surface area contributed by atoms with Crippen LogP contribution in [0.25, 0.3) is 0 Å². The van der Waals surface area contributed by atoms with Gasteiger partial charge in [0.2, 0.25) is 10.0 Å². The minimum absolute atomic E-state index is 0.0374. The summed E-state index contributed by atoms with van der Waals surface area (Å²) in [7, 11) is -3.31. The molecule has 5 nitrogen and oxygen atoms in total. The number of nitrogens with two attached hydrogens (primary N) is 1. The summed E-state index contributed by atoms with van der Waals surface area (Å²) in [5, 5.41) is 0. The van der Waals surface area contributed by atoms with Crippen LogP contribution in [0.2, 0.25) is 0 Å². The summed E-state index contributed by atoms with van der Waals surface area (Å²) in [6, 6.07) is 5.26. The van der Waals surface area contributed by atoms with Crippen LogP contribution < -0.4 is 5.73 Å². The number of aromatic nitrogens is 1. The Balaban J connectivity index is 2.14. The molecule has 1 saturated heterocycles. The van der Waals surface area contributed by atoms with E-state index >= 15 is 0 Å². The summed E-state index contributed by atoms with van der Waals surface area (Å²) in [5.74, 6) is -0.0374. The molecule has 0 saturated carbocycles. The molecule has 0 bridgehead atoms. The molecule has 1 aliphatic rings. The molecule has 0 aromatic carbocycles. The summed E-state index contributed by atoms with van der Waals surface area (Å²) in [6.07, 6.45) is 4.44. The average Bonchev–Trinajstić information content (AvgIpc) is 2.39. The van der Waals surface area contributed by atoms with Gasteiger partial charge in [-0.05, 0) is 25.0 Å². The lowest BCUT2D eigenvalue weighted by atomic mass is 10.1. The average molecular weight is 269 g/mol. The van der Waals surface area contributed by atoms with E-state index in [0.717, 1.165) is 19.3 Å². The number of piperidine rings is 1. The van der Waals surface area contributed by atoms with Crippen LogP contribution in [0.3, 0.4) is 0 Å². The first-order valence-corrected chi connectivity index (χ1v) is 7.84. The Morgan fingerprint density at radius 1 is 1.39 bits per heavy atom. The van der Waals surface area contributed by atoms with Gasteiger partial charge in [0, 0.05) is 25.3 Å². The first-order chi connectivity index (χ1) is 8.63. The lowest BCUT2D eigenvalue weighted by Gasteiger charge is -2.33. The molecule has 2 N–H and O–H groups in total. The van der Waals surface area contributed by atoms with Gasteiger partial charge >= 0.3 is 0 Å². The van der Waals surface area contributed by atoms with Crippen LogP contribution in [0.15, 0.2) is 24.4 Å². The Bertz CT molecular complexity index is 475. The molecule has 0 spiro atoms. The second-order valence-electron chi connectivity index (χ2n) is 4.57. The molecular formula is C12H19N3O2S. The van der Waals surface area contributed by atoms with Crippen LogP contribution in [-0.4, -0.2) is 36.8 Å². The third-order valence-corrected chi connectivity index (χ3v) is 5.11. The molecule has 1 aromatic rings. The first kappa shape index (κ1) is 13.5. The van der Waals surface area contributed by atoms with Gasteiger partial charge in [0.1, 0.15) is 5.75 Å². The fraction of sp³-hybridized carbons (Fsp3) is 0.583. The molecule has 0 aliphatic carbocycles. The number of sulfonamides is 1. The summed E-state index contributed by atoms with van der Waals surface area (Å²) in [4.78, 5) is 4.07. The van der Waals surface area contributed by atoms with E-state index in [1.54, 1.807) is 28.7 Å². The monoisotopic (exact) mass is 269 g/mol. The SMILES string of the molecule is NCC1CCCCN1S(=O)(=O)Cc1ccccn1. The van der Waals surface area contributed by atoms with Crippen LogP contribution in [0.1, 0.15) is 25.0 Å². The summed E-state index contributed by atoms with van der Waals surface area (Å²) < 4.78 is 26.3. The van der Waals surface area contributed by atoms with E-state index < -0.39 is 10.0 Å². The van der Waals surface area contributed by atoms with Crippen molar-refractivity contribution in [3.63, 3.8) is 0 Å². The van der Waals surface area contributed by atoms with Gasteiger partial charge < -0.3 is 5.73 Å². The van der Waals surface area contributed by atoms with Crippen molar-refractivity contribution < 1.29 is 8.42 Å². The standard InChI is InChI=1S/C12H19N3O2S/c13-9-12-6-2-4-8-15(12)18(16,17)10-11-5-1-3-7-14-11/h1,3,5,7,12H,2,4,6,8-10,13H2. The van der Waals surface area contributed by atoms with Gasteiger partial charge in [0.15, 0.2) is 0 Å². The number of hydrogen-bond acceptors (Lipinski definition) is 4. The molecule has 0 amide bonds. The van der Waals surface area contributed by atoms with E-state index in [1.165, 1.54) is 0 Å². The second kappa shape index (κ2) is 5.77. The van der Waals surface area contributed by atoms with Crippen molar-refractivity contribution in [3.05, 3.63) is 30.1 Å². The van der Waals surface area contributed by atoms with E-state index in [2.05, 4.69) is 4.98 Å². The zero-order valence-electron chi connectivity index (χ0n) is 10.3. The summed E-state index contributed by atoms with van der Waals surface area (Å²) in [5.41, 5.74) is 6.24. The molecule has 1 aromatic heterocycles. The van der Waals surface area contributed by atoms with Crippen LogP contribution >= 0.6 is 0 Å². The number of pyridine rings is 1. The predicted octanol–water partition coefficient (Wildman–Crippen LogP) is 0.725. The molecule has 2 heterocycles. The van der Waals surface area contributed by atoms with Crippen molar-refractivity contribution in [3.8, 4) is 0 Å². The van der Waals surface area contributed by atoms with Gasteiger partial charge in [0.05, 0.1) is 5.69 Å². The smallest absolute Gasteiger partial charge is 0.220 e. The van der Waals surface area contributed by atoms with Gasteiger partial charge in [-0.25, -0.2) is 8.42 Å². The Labute approximate surface area is 108 Å². The highest BCUT2D eigenvalue weighted by molar-refractivity contribution is 7.88. The molecule has 1 unspecified atom stereocenters. The van der Waals surface area contributed by atoms with E-state index in [4.69, 9.17) is 5.73 Å². The fourth-order valence-electron chi connectivity index (χ4n) is 2.33. The van der Waals surface area contributed by atoms with Crippen LogP contribution in [0, 0.1) is 0 Å². The predicted molar refractivity (Wildman–Crippen MR) is 70.3 cm³/mol. The lowest BCUT2D eigenvalue weighted by Crippen LogP contribution is -2.47. The number of hydrogen-bond donors (Lipinski definition) is 1. The van der Waals surface area contributed by atoms with Gasteiger partial charge in [-0.2, -0.15) is 4.31 Å². The van der Waals surface area contributed by atoms with E-state index in [9.17, 15) is 8.42 Å². The van der Waals surface area contributed by atoms with Gasteiger partial charge in [-0.3, -0.25) is 4.98 Å². The van der Waals surface area contributed by atoms with E-state index in [-0.39, 0.29) is 11.8 Å². The molecule has 1 atom stereocenters. The largest absolute Gasteiger partial charge is 0.329 e. The van der Waals surface area contributed by atoms with E-state index in [0.29, 0.717) is 18.8 Å². The molecule has 0 radical (unpaired) electrons. The number of rotatable bonds is 4. The maximum atomic E-state index is 12.4. The molecule has 1 aliphatic heterocycles. The normalized spacial score (nSPS) is 21.9. The summed E-state index contributed by atoms with van der Waals surface area (Å²) in [6.45, 7) is 0.971. The molecule has 1 fully saturated rings. The van der Waals surface area contributed by atoms with Crippen molar-refractivity contribution in [2.45, 2.75) is 31.1 Å². The number of nitrogens with zero attached hydrogens (tertiary/aromatic N) is 2. The van der Waals surface area contributed by atoms with Gasteiger partial charge in [-0.15, -0.1) is 0 Å². The van der Waals surface area contributed by atoms with Crippen molar-refractivity contribution in [2.24, 2.45) is 5.73 Å². The van der Waals surface area contributed by atoms with Crippen molar-refractivity contribution in [1.82, 2.24) is 9.29 Å². The van der Waals surface area contributed by atoms with Gasteiger partial charge in [-0.1, -0.05) is 12.5 Å². The third kappa shape index (κ3) is 3.07. The lowest BCUT2D eigenvalue weighted by molar-refractivity contribution is 0.257. The molecule has 100 valence electrons. The van der Waals surface area contributed by atoms with Gasteiger partial charge in [0.25, 0.3) is 0 Å². The van der Waals surface area contributed by atoms with Crippen LogP contribution in [0.5, 0.6) is 0 Å². The van der Waals surface area contributed by atoms with Crippen LogP contribution in [-0.2, 0) is 15.8 Å². The van der Waals surface area contributed by atoms with E-state index in [1.807, 2.05) is 0 Å². The Morgan fingerprint density at radius 3 is 2.89 bits per heavy atom. The van der Waals surface area contributed by atoms with Crippen molar-refractivity contribution in [1.29, 1.82) is 0 Å². The highest BCUT2D eigenvalue weighted by Gasteiger charge is 2.31. The Morgan fingerprint density at radius 2 is 2.22 bits per heavy atom. The topological polar surface area (TPSA) is 76.3 Å². The highest BCUT2D eigenvalue weighted by atomic mass is 32.2. The third-order valence-electron chi connectivity index (χ3n) is 3.26. The maximum absolute atomic E-state index is 12.4. The zero-order valence-corrected chi connectivity index (χ0v) is 11.1. The summed E-state index contributed by atoms with van der Waals surface area (Å²) >= 11 is 0. The highest BCUT2D eigenvalue weighted by Crippen LogP contribution is 2.21. The molecule has 6 heteroatoms.